The second-order valence-electron chi connectivity index (χ2n) is 1.91. The number of rotatable bonds is 1. The Kier molecular flexibility index (Phi) is 4.87. The van der Waals surface area contributed by atoms with Gasteiger partial charge in [0.1, 0.15) is 5.69 Å². The van der Waals surface area contributed by atoms with E-state index in [-0.39, 0.29) is 0 Å². The van der Waals surface area contributed by atoms with Gasteiger partial charge in [-0.2, -0.15) is 0 Å². The molecule has 76 valence electrons. The topological polar surface area (TPSA) is 63.5 Å². The van der Waals surface area contributed by atoms with Crippen LogP contribution in [-0.2, 0) is 0 Å². The van der Waals surface area contributed by atoms with Crippen molar-refractivity contribution in [2.24, 2.45) is 0 Å². The molecule has 1 aromatic rings. The van der Waals surface area contributed by atoms with E-state index in [9.17, 15) is 17.7 Å². The van der Waals surface area contributed by atoms with Crippen molar-refractivity contribution < 1.29 is 17.7 Å². The third-order valence-electron chi connectivity index (χ3n) is 1.11. The van der Waals surface area contributed by atoms with Gasteiger partial charge in [0, 0.05) is 0 Å². The monoisotopic (exact) mass is 208 g/mol. The minimum atomic E-state index is -1.54. The second-order valence-corrected chi connectivity index (χ2v) is 1.91. The number of halogens is 4. The van der Waals surface area contributed by atoms with Gasteiger partial charge in [-0.05, 0) is 27.9 Å². The molecular formula is C6H4F4N4. The lowest BCUT2D eigenvalue weighted by molar-refractivity contribution is 0.229. The molecule has 1 rings (SSSR count). The molecule has 0 aliphatic carbocycles. The Balaban J connectivity index is 0.000000500. The Morgan fingerprint density at radius 1 is 1.29 bits per heavy atom. The summed E-state index contributed by atoms with van der Waals surface area (Å²) in [5.74, 6) is -2.83. The molecule has 0 aliphatic heterocycles. The molecular weight excluding hydrogens is 204 g/mol. The molecule has 0 aromatic heterocycles. The molecule has 0 saturated heterocycles. The smallest absolute Gasteiger partial charge is 0.187 e. The first kappa shape index (κ1) is 12.0. The maximum atomic E-state index is 12.4. The average molecular weight is 208 g/mol. The van der Waals surface area contributed by atoms with Crippen molar-refractivity contribution >= 4 is 5.69 Å². The standard InChI is InChI=1S/C6H3F4N.HN3/c7-4-2-1-3-5(6(4)8)11(9)10;1-3-2/h1-3H;1H. The van der Waals surface area contributed by atoms with Gasteiger partial charge < -0.3 is 0 Å². The Morgan fingerprint density at radius 2 is 1.79 bits per heavy atom. The van der Waals surface area contributed by atoms with Crippen molar-refractivity contribution in [2.75, 3.05) is 5.34 Å². The first-order valence-corrected chi connectivity index (χ1v) is 3.11. The zero-order chi connectivity index (χ0) is 11.1. The highest BCUT2D eigenvalue weighted by Gasteiger charge is 2.13. The fraction of sp³-hybridized carbons (Fsp3) is 0. The predicted octanol–water partition coefficient (Wildman–Crippen LogP) is 3.42. The summed E-state index contributed by atoms with van der Waals surface area (Å²) in [5, 5.41) is -1.47. The van der Waals surface area contributed by atoms with Crippen LogP contribution in [0.5, 0.6) is 0 Å². The summed E-state index contributed by atoms with van der Waals surface area (Å²) in [5.41, 5.74) is 11.2. The van der Waals surface area contributed by atoms with Gasteiger partial charge in [0.05, 0.1) is 0 Å². The van der Waals surface area contributed by atoms with Gasteiger partial charge in [0.25, 0.3) is 0 Å². The Morgan fingerprint density at radius 3 is 2.14 bits per heavy atom. The molecule has 0 bridgehead atoms. The van der Waals surface area contributed by atoms with Gasteiger partial charge in [-0.15, -0.1) is 5.53 Å². The molecule has 0 amide bonds. The Labute approximate surface area is 75.7 Å². The molecule has 0 aliphatic rings. The van der Waals surface area contributed by atoms with Crippen LogP contribution in [0, 0.1) is 17.2 Å². The summed E-state index contributed by atoms with van der Waals surface area (Å²) in [6.07, 6.45) is 0. The summed E-state index contributed by atoms with van der Waals surface area (Å²) in [6.45, 7) is 0. The third-order valence-corrected chi connectivity index (χ3v) is 1.11. The zero-order valence-electron chi connectivity index (χ0n) is 6.59. The minimum absolute atomic E-state index is 0.766. The number of anilines is 1. The van der Waals surface area contributed by atoms with Gasteiger partial charge >= 0.3 is 0 Å². The summed E-state index contributed by atoms with van der Waals surface area (Å²) < 4.78 is 47.8. The van der Waals surface area contributed by atoms with E-state index in [0.29, 0.717) is 0 Å². The van der Waals surface area contributed by atoms with E-state index in [1.807, 2.05) is 0 Å². The molecule has 8 heteroatoms. The van der Waals surface area contributed by atoms with E-state index >= 15 is 0 Å². The van der Waals surface area contributed by atoms with Crippen LogP contribution in [-0.4, -0.2) is 0 Å². The molecule has 4 nitrogen and oxygen atoms in total. The average Bonchev–Trinajstić information content (AvgIpc) is 2.10. The van der Waals surface area contributed by atoms with Crippen LogP contribution in [0.3, 0.4) is 0 Å². The van der Waals surface area contributed by atoms with Gasteiger partial charge in [0.15, 0.2) is 11.6 Å². The lowest BCUT2D eigenvalue weighted by atomic mass is 10.3. The molecule has 0 radical (unpaired) electrons. The highest BCUT2D eigenvalue weighted by Crippen LogP contribution is 2.21. The number of nitrogens with zero attached hydrogens (tertiary/aromatic N) is 3. The van der Waals surface area contributed by atoms with E-state index in [1.165, 1.54) is 0 Å². The van der Waals surface area contributed by atoms with Crippen LogP contribution in [0.15, 0.2) is 18.2 Å². The van der Waals surface area contributed by atoms with Crippen molar-refractivity contribution in [1.29, 1.82) is 5.53 Å². The highest BCUT2D eigenvalue weighted by atomic mass is 19.4. The fourth-order valence-electron chi connectivity index (χ4n) is 0.623. The van der Waals surface area contributed by atoms with Crippen LogP contribution < -0.4 is 5.34 Å². The predicted molar refractivity (Wildman–Crippen MR) is 40.5 cm³/mol. The van der Waals surface area contributed by atoms with Crippen molar-refractivity contribution in [2.45, 2.75) is 0 Å². The lowest BCUT2D eigenvalue weighted by Crippen LogP contribution is -2.00. The van der Waals surface area contributed by atoms with Crippen molar-refractivity contribution in [3.8, 4) is 0 Å². The second kappa shape index (κ2) is 5.65. The van der Waals surface area contributed by atoms with Crippen molar-refractivity contribution in [3.05, 3.63) is 40.3 Å². The quantitative estimate of drug-likeness (QED) is 0.248. The maximum absolute atomic E-state index is 12.4. The van der Waals surface area contributed by atoms with E-state index in [2.05, 4.69) is 0 Å². The van der Waals surface area contributed by atoms with Crippen molar-refractivity contribution in [3.63, 3.8) is 0 Å². The molecule has 0 spiro atoms. The number of benzene rings is 1. The summed E-state index contributed by atoms with van der Waals surface area (Å²) in [7, 11) is 0. The summed E-state index contributed by atoms with van der Waals surface area (Å²) in [6, 6.07) is 2.54. The third kappa shape index (κ3) is 3.20. The minimum Gasteiger partial charge on any atom is -0.204 e. The van der Waals surface area contributed by atoms with E-state index in [0.717, 1.165) is 18.2 Å². The van der Waals surface area contributed by atoms with Crippen LogP contribution in [0.25, 0.3) is 10.4 Å². The zero-order valence-corrected chi connectivity index (χ0v) is 6.59. The van der Waals surface area contributed by atoms with Crippen molar-refractivity contribution in [1.82, 2.24) is 0 Å². The summed E-state index contributed by atoms with van der Waals surface area (Å²) >= 11 is 0. The molecule has 0 atom stereocenters. The normalized spacial score (nSPS) is 8.29. The number of hydrogen-bond acceptors (Lipinski definition) is 2. The van der Waals surface area contributed by atoms with Gasteiger partial charge in [0.2, 0.25) is 0 Å². The Bertz CT molecular complexity index is 335. The molecule has 0 unspecified atom stereocenters. The first-order chi connectivity index (χ1) is 6.54. The van der Waals surface area contributed by atoms with Gasteiger partial charge in [-0.3, -0.25) is 0 Å². The SMILES string of the molecule is Fc1cccc(N(F)F)c1F.[N-]=[N+]=N. The van der Waals surface area contributed by atoms with Crippen LogP contribution in [0.1, 0.15) is 0 Å². The van der Waals surface area contributed by atoms with Crippen LogP contribution in [0.2, 0.25) is 0 Å². The molecule has 0 saturated carbocycles. The molecule has 14 heavy (non-hydrogen) atoms. The van der Waals surface area contributed by atoms with Crippen LogP contribution >= 0.6 is 0 Å². The lowest BCUT2D eigenvalue weighted by Gasteiger charge is -2.02. The first-order valence-electron chi connectivity index (χ1n) is 3.11. The number of hydrogen-bond donors (Lipinski definition) is 1. The molecule has 0 fully saturated rings. The molecule has 1 aromatic carbocycles. The number of nitrogens with one attached hydrogen (secondary N) is 1. The fourth-order valence-corrected chi connectivity index (χ4v) is 0.623. The van der Waals surface area contributed by atoms with Crippen LogP contribution in [0.4, 0.5) is 23.4 Å². The molecule has 1 N–H and O–H groups in total. The maximum Gasteiger partial charge on any atom is 0.187 e. The largest absolute Gasteiger partial charge is 0.204 e. The van der Waals surface area contributed by atoms with E-state index < -0.39 is 22.7 Å². The van der Waals surface area contributed by atoms with Gasteiger partial charge in [-0.1, -0.05) is 15.0 Å². The van der Waals surface area contributed by atoms with E-state index in [1.54, 1.807) is 4.91 Å². The molecule has 0 heterocycles. The van der Waals surface area contributed by atoms with Gasteiger partial charge in [-0.25, -0.2) is 8.78 Å². The van der Waals surface area contributed by atoms with E-state index in [4.69, 9.17) is 11.1 Å². The highest BCUT2D eigenvalue weighted by molar-refractivity contribution is 5.42. The summed E-state index contributed by atoms with van der Waals surface area (Å²) in [4.78, 5) is 1.75. The Hall–Kier alpha value is -1.95.